The summed E-state index contributed by atoms with van der Waals surface area (Å²) >= 11 is 4.44. The van der Waals surface area contributed by atoms with Crippen LogP contribution in [0, 0.1) is 0 Å². The molecule has 2 N–H and O–H groups in total. The van der Waals surface area contributed by atoms with E-state index >= 15 is 0 Å². The van der Waals surface area contributed by atoms with Crippen molar-refractivity contribution >= 4 is 37.3 Å². The van der Waals surface area contributed by atoms with E-state index in [2.05, 4.69) is 27.6 Å². The number of rotatable bonds is 11. The van der Waals surface area contributed by atoms with E-state index in [0.29, 0.717) is 0 Å². The fourth-order valence-corrected chi connectivity index (χ4v) is 6.31. The predicted molar refractivity (Wildman–Crippen MR) is 113 cm³/mol. The Labute approximate surface area is 173 Å². The second kappa shape index (κ2) is 10.6. The van der Waals surface area contributed by atoms with Crippen LogP contribution in [-0.4, -0.2) is 33.3 Å². The number of methoxy groups -OCH3 is 1. The number of thiophene rings is 1. The molecule has 2 atom stereocenters. The first kappa shape index (κ1) is 22.4. The van der Waals surface area contributed by atoms with Crippen molar-refractivity contribution in [1.82, 2.24) is 4.72 Å². The van der Waals surface area contributed by atoms with Gasteiger partial charge in [-0.1, -0.05) is 38.3 Å². The van der Waals surface area contributed by atoms with E-state index in [0.717, 1.165) is 52.1 Å². The molecule has 150 valence electrons. The van der Waals surface area contributed by atoms with Crippen LogP contribution in [0.3, 0.4) is 0 Å². The average molecular weight is 476 g/mol. The first-order valence-electron chi connectivity index (χ1n) is 8.93. The van der Waals surface area contributed by atoms with Crippen LogP contribution in [0.4, 0.5) is 0 Å². The van der Waals surface area contributed by atoms with Crippen molar-refractivity contribution in [2.75, 3.05) is 13.7 Å². The van der Waals surface area contributed by atoms with Crippen molar-refractivity contribution in [2.45, 2.75) is 48.8 Å². The minimum Gasteiger partial charge on any atom is -0.497 e. The highest BCUT2D eigenvalue weighted by atomic mass is 79.9. The minimum absolute atomic E-state index is 0.120. The molecule has 0 spiro atoms. The van der Waals surface area contributed by atoms with Crippen LogP contribution in [0.15, 0.2) is 44.4 Å². The normalized spacial score (nSPS) is 14.1. The summed E-state index contributed by atoms with van der Waals surface area (Å²) in [6.45, 7) is 1.86. The van der Waals surface area contributed by atoms with Gasteiger partial charge in [-0.3, -0.25) is 0 Å². The molecule has 0 fully saturated rings. The molecule has 1 heterocycles. The van der Waals surface area contributed by atoms with Crippen LogP contribution in [0.2, 0.25) is 0 Å². The molecule has 27 heavy (non-hydrogen) atoms. The third-order valence-electron chi connectivity index (χ3n) is 4.46. The van der Waals surface area contributed by atoms with E-state index in [1.165, 1.54) is 0 Å². The SMILES string of the molecule is CCCCCC(c1ccc(OC)cc1)C(CO)NS(=O)(=O)c1ccc(Br)s1. The average Bonchev–Trinajstić information content (AvgIpc) is 3.11. The van der Waals surface area contributed by atoms with Gasteiger partial charge in [0, 0.05) is 5.92 Å². The molecule has 0 aliphatic heterocycles. The molecule has 1 aromatic carbocycles. The summed E-state index contributed by atoms with van der Waals surface area (Å²) in [5.41, 5.74) is 0.987. The maximum Gasteiger partial charge on any atom is 0.250 e. The molecule has 0 amide bonds. The number of benzene rings is 1. The Bertz CT molecular complexity index is 805. The zero-order valence-corrected chi connectivity index (χ0v) is 18.7. The zero-order valence-electron chi connectivity index (χ0n) is 15.5. The van der Waals surface area contributed by atoms with Gasteiger partial charge in [0.15, 0.2) is 0 Å². The topological polar surface area (TPSA) is 75.6 Å². The third-order valence-corrected chi connectivity index (χ3v) is 8.07. The second-order valence-electron chi connectivity index (χ2n) is 6.34. The number of aliphatic hydroxyl groups excluding tert-OH is 1. The number of hydrogen-bond acceptors (Lipinski definition) is 5. The Morgan fingerprint density at radius 1 is 1.19 bits per heavy atom. The maximum absolute atomic E-state index is 12.7. The molecule has 2 aromatic rings. The number of hydrogen-bond donors (Lipinski definition) is 2. The summed E-state index contributed by atoms with van der Waals surface area (Å²) in [4.78, 5) is 0. The lowest BCUT2D eigenvalue weighted by Gasteiger charge is -2.27. The maximum atomic E-state index is 12.7. The highest BCUT2D eigenvalue weighted by Gasteiger charge is 2.28. The molecular formula is C19H26BrNO4S2. The molecular weight excluding hydrogens is 450 g/mol. The van der Waals surface area contributed by atoms with E-state index in [1.807, 2.05) is 24.3 Å². The van der Waals surface area contributed by atoms with Crippen LogP contribution < -0.4 is 9.46 Å². The van der Waals surface area contributed by atoms with Gasteiger partial charge in [0.25, 0.3) is 0 Å². The van der Waals surface area contributed by atoms with Gasteiger partial charge in [0.1, 0.15) is 9.96 Å². The molecule has 0 saturated heterocycles. The Morgan fingerprint density at radius 3 is 2.41 bits per heavy atom. The standard InChI is InChI=1S/C19H26BrNO4S2/c1-3-4-5-6-16(14-7-9-15(25-2)10-8-14)17(13-22)21-27(23,24)19-12-11-18(20)26-19/h7-12,16-17,21-22H,3-6,13H2,1-2H3. The van der Waals surface area contributed by atoms with Gasteiger partial charge < -0.3 is 9.84 Å². The Balaban J connectivity index is 2.26. The fraction of sp³-hybridized carbons (Fsp3) is 0.474. The van der Waals surface area contributed by atoms with Crippen LogP contribution in [-0.2, 0) is 10.0 Å². The molecule has 0 aliphatic carbocycles. The summed E-state index contributed by atoms with van der Waals surface area (Å²) in [6.07, 6.45) is 3.90. The number of halogens is 1. The molecule has 5 nitrogen and oxygen atoms in total. The van der Waals surface area contributed by atoms with Crippen molar-refractivity contribution in [3.8, 4) is 5.75 Å². The second-order valence-corrected chi connectivity index (χ2v) is 10.7. The van der Waals surface area contributed by atoms with E-state index in [1.54, 1.807) is 19.2 Å². The summed E-state index contributed by atoms with van der Waals surface area (Å²) in [5.74, 6) is 0.626. The van der Waals surface area contributed by atoms with Crippen LogP contribution >= 0.6 is 27.3 Å². The summed E-state index contributed by atoms with van der Waals surface area (Å²) < 4.78 is 34.4. The fourth-order valence-electron chi connectivity index (χ4n) is 3.01. The number of aliphatic hydroxyl groups is 1. The van der Waals surface area contributed by atoms with Crippen LogP contribution in [0.5, 0.6) is 5.75 Å². The first-order valence-corrected chi connectivity index (χ1v) is 12.0. The Hall–Kier alpha value is -0.930. The molecule has 2 rings (SSSR count). The van der Waals surface area contributed by atoms with Crippen molar-refractivity contribution in [1.29, 1.82) is 0 Å². The van der Waals surface area contributed by atoms with Gasteiger partial charge in [-0.2, -0.15) is 0 Å². The number of unbranched alkanes of at least 4 members (excludes halogenated alkanes) is 2. The smallest absolute Gasteiger partial charge is 0.250 e. The van der Waals surface area contributed by atoms with Gasteiger partial charge in [-0.25, -0.2) is 13.1 Å². The zero-order chi connectivity index (χ0) is 19.9. The number of nitrogens with one attached hydrogen (secondary N) is 1. The minimum atomic E-state index is -3.69. The third kappa shape index (κ3) is 6.29. The molecule has 2 unspecified atom stereocenters. The molecule has 0 saturated carbocycles. The summed E-state index contributed by atoms with van der Waals surface area (Å²) in [7, 11) is -2.08. The number of sulfonamides is 1. The first-order chi connectivity index (χ1) is 12.9. The van der Waals surface area contributed by atoms with Crippen molar-refractivity contribution in [2.24, 2.45) is 0 Å². The van der Waals surface area contributed by atoms with E-state index in [9.17, 15) is 13.5 Å². The molecule has 1 aromatic heterocycles. The molecule has 0 aliphatic rings. The summed E-state index contributed by atoms with van der Waals surface area (Å²) in [5, 5.41) is 9.97. The van der Waals surface area contributed by atoms with E-state index < -0.39 is 16.1 Å². The predicted octanol–water partition coefficient (Wildman–Crippen LogP) is 4.52. The lowest BCUT2D eigenvalue weighted by molar-refractivity contribution is 0.233. The lowest BCUT2D eigenvalue weighted by atomic mass is 9.87. The largest absolute Gasteiger partial charge is 0.497 e. The van der Waals surface area contributed by atoms with Gasteiger partial charge >= 0.3 is 0 Å². The van der Waals surface area contributed by atoms with Gasteiger partial charge in [-0.15, -0.1) is 11.3 Å². The van der Waals surface area contributed by atoms with Crippen molar-refractivity contribution < 1.29 is 18.3 Å². The Kier molecular flexibility index (Phi) is 8.75. The van der Waals surface area contributed by atoms with E-state index in [-0.39, 0.29) is 16.7 Å². The molecule has 8 heteroatoms. The lowest BCUT2D eigenvalue weighted by Crippen LogP contribution is -2.41. The Morgan fingerprint density at radius 2 is 1.89 bits per heavy atom. The summed E-state index contributed by atoms with van der Waals surface area (Å²) in [6, 6.07) is 10.3. The van der Waals surface area contributed by atoms with Crippen molar-refractivity contribution in [3.63, 3.8) is 0 Å². The molecule has 0 bridgehead atoms. The van der Waals surface area contributed by atoms with Gasteiger partial charge in [0.05, 0.1) is 23.5 Å². The van der Waals surface area contributed by atoms with Gasteiger partial charge in [-0.05, 0) is 52.2 Å². The molecule has 0 radical (unpaired) electrons. The van der Waals surface area contributed by atoms with E-state index in [4.69, 9.17) is 4.74 Å². The van der Waals surface area contributed by atoms with Crippen LogP contribution in [0.1, 0.15) is 44.1 Å². The highest BCUT2D eigenvalue weighted by molar-refractivity contribution is 9.11. The van der Waals surface area contributed by atoms with Crippen molar-refractivity contribution in [3.05, 3.63) is 45.7 Å². The number of ether oxygens (including phenoxy) is 1. The highest BCUT2D eigenvalue weighted by Crippen LogP contribution is 2.30. The monoisotopic (exact) mass is 475 g/mol. The van der Waals surface area contributed by atoms with Gasteiger partial charge in [0.2, 0.25) is 10.0 Å². The quantitative estimate of drug-likeness (QED) is 0.468. The van der Waals surface area contributed by atoms with Crippen LogP contribution in [0.25, 0.3) is 0 Å².